The van der Waals surface area contributed by atoms with Crippen LogP contribution >= 0.6 is 0 Å². The fraction of sp³-hybridized carbons (Fsp3) is 0.422. The third-order valence-electron chi connectivity index (χ3n) is 12.3. The van der Waals surface area contributed by atoms with E-state index in [1.807, 2.05) is 114 Å². The minimum absolute atomic E-state index is 0.0100. The van der Waals surface area contributed by atoms with Crippen molar-refractivity contribution in [2.45, 2.75) is 83.1 Å². The summed E-state index contributed by atoms with van der Waals surface area (Å²) in [5.41, 5.74) is -0.400. The highest BCUT2D eigenvalue weighted by Crippen LogP contribution is 2.60. The molecule has 0 unspecified atom stereocenters. The molecule has 3 aliphatic carbocycles. The first kappa shape index (κ1) is 41.0. The van der Waals surface area contributed by atoms with Gasteiger partial charge in [0.2, 0.25) is 11.5 Å². The SMILES string of the molecule is [C-]#[N+]c1c(CN(C)C)c(F)c2c(c1OCc1ccccc1)C(=O)C1=C(O)[C@]3(O[Si](C)(C)C(C)(C)C)C(=O)c4c(OCc5ccccc5)noc4[C@@H](N(C)C)[C@@H]3C[C@@H]1C2. The number of ether oxygens (including phenoxy) is 2. The van der Waals surface area contributed by atoms with Crippen molar-refractivity contribution < 1.29 is 37.5 Å². The summed E-state index contributed by atoms with van der Waals surface area (Å²) >= 11 is 0. The molecule has 7 rings (SSSR count). The number of halogens is 1. The van der Waals surface area contributed by atoms with Gasteiger partial charge in [0, 0.05) is 29.2 Å². The number of aliphatic hydroxyl groups is 1. The second-order valence-electron chi connectivity index (χ2n) is 17.6. The van der Waals surface area contributed by atoms with Gasteiger partial charge >= 0.3 is 0 Å². The molecule has 0 amide bonds. The number of Topliss-reactive ketones (excluding diaryl/α,β-unsaturated/α-hetero) is 2. The number of carbonyl (C=O) groups excluding carboxylic acids is 2. The molecule has 13 heteroatoms. The zero-order valence-corrected chi connectivity index (χ0v) is 35.6. The topological polar surface area (TPSA) is 119 Å². The maximum absolute atomic E-state index is 17.0. The number of ketones is 2. The fourth-order valence-corrected chi connectivity index (χ4v) is 9.98. The summed E-state index contributed by atoms with van der Waals surface area (Å²) < 4.78 is 42.8. The van der Waals surface area contributed by atoms with E-state index in [-0.39, 0.29) is 83.5 Å². The van der Waals surface area contributed by atoms with Crippen LogP contribution in [0.4, 0.5) is 10.1 Å². The minimum atomic E-state index is -2.97. The number of allylic oxidation sites excluding steroid dienone is 1. The van der Waals surface area contributed by atoms with Crippen LogP contribution in [0, 0.1) is 24.2 Å². The molecule has 58 heavy (non-hydrogen) atoms. The summed E-state index contributed by atoms with van der Waals surface area (Å²) in [4.78, 5) is 38.2. The average molecular weight is 807 g/mol. The van der Waals surface area contributed by atoms with Gasteiger partial charge in [-0.05, 0) is 81.4 Å². The summed E-state index contributed by atoms with van der Waals surface area (Å²) in [5, 5.41) is 16.8. The lowest BCUT2D eigenvalue weighted by molar-refractivity contribution is -0.0481. The average Bonchev–Trinajstić information content (AvgIpc) is 3.59. The summed E-state index contributed by atoms with van der Waals surface area (Å²) in [6.07, 6.45) is 0.184. The number of nitrogens with zero attached hydrogens (tertiary/aromatic N) is 4. The summed E-state index contributed by atoms with van der Waals surface area (Å²) in [6, 6.07) is 18.1. The minimum Gasteiger partial charge on any atom is -0.508 e. The normalized spacial score (nSPS) is 21.7. The Morgan fingerprint density at radius 1 is 0.983 bits per heavy atom. The van der Waals surface area contributed by atoms with E-state index in [4.69, 9.17) is 25.0 Å². The number of carbonyl (C=O) groups is 2. The molecule has 0 fully saturated rings. The quantitative estimate of drug-likeness (QED) is 0.116. The van der Waals surface area contributed by atoms with Crippen LogP contribution in [0.15, 0.2) is 76.5 Å². The van der Waals surface area contributed by atoms with E-state index in [0.717, 1.165) is 11.1 Å². The molecule has 4 atom stereocenters. The number of benzene rings is 3. The van der Waals surface area contributed by atoms with Crippen molar-refractivity contribution in [1.82, 2.24) is 15.0 Å². The summed E-state index contributed by atoms with van der Waals surface area (Å²) in [6.45, 7) is 18.5. The van der Waals surface area contributed by atoms with E-state index in [1.54, 1.807) is 19.0 Å². The molecule has 0 bridgehead atoms. The van der Waals surface area contributed by atoms with Gasteiger partial charge in [-0.15, -0.1) is 0 Å². The standard InChI is InChI=1S/C45H51FN4O7Si/c1-44(2,3)58(9,10)57-45-31(37(50(7)8)40-34(42(45)53)43(48-56-40)55-25-27-19-15-12-16-20-27)22-28-21-29-33(38(51)32(28)41(45)52)39(54-24-26-17-13-11-14-18-26)36(47-4)30(35(29)46)23-49(5)6/h11-20,28,31,37,52H,21-25H2,1-3,5-10H3/t28-,31-,37-,45-/m0/s1. The Labute approximate surface area is 340 Å². The van der Waals surface area contributed by atoms with Crippen LogP contribution in [-0.4, -0.2) is 73.7 Å². The highest BCUT2D eigenvalue weighted by atomic mass is 28.4. The summed E-state index contributed by atoms with van der Waals surface area (Å²) in [5.74, 6) is -3.78. The van der Waals surface area contributed by atoms with Crippen molar-refractivity contribution in [2.75, 3.05) is 28.2 Å². The van der Waals surface area contributed by atoms with E-state index in [0.29, 0.717) is 0 Å². The number of hydrogen-bond acceptors (Lipinski definition) is 10. The van der Waals surface area contributed by atoms with Crippen LogP contribution in [0.2, 0.25) is 18.1 Å². The lowest BCUT2D eigenvalue weighted by Crippen LogP contribution is -2.65. The molecule has 3 aliphatic rings. The van der Waals surface area contributed by atoms with Crippen LogP contribution in [0.25, 0.3) is 4.85 Å². The van der Waals surface area contributed by atoms with Crippen molar-refractivity contribution >= 4 is 25.6 Å². The van der Waals surface area contributed by atoms with Gasteiger partial charge in [-0.25, -0.2) is 9.24 Å². The van der Waals surface area contributed by atoms with Gasteiger partial charge in [-0.3, -0.25) is 14.5 Å². The molecule has 1 aromatic heterocycles. The Morgan fingerprint density at radius 3 is 2.14 bits per heavy atom. The third-order valence-corrected chi connectivity index (χ3v) is 16.7. The maximum atomic E-state index is 17.0. The molecule has 0 saturated heterocycles. The molecule has 11 nitrogen and oxygen atoms in total. The van der Waals surface area contributed by atoms with Crippen molar-refractivity contribution in [3.05, 3.63) is 128 Å². The molecule has 3 aromatic carbocycles. The Bertz CT molecular complexity index is 2330. The van der Waals surface area contributed by atoms with Crippen molar-refractivity contribution in [3.8, 4) is 11.6 Å². The van der Waals surface area contributed by atoms with E-state index in [1.165, 1.54) is 0 Å². The third kappa shape index (κ3) is 6.75. The van der Waals surface area contributed by atoms with Gasteiger partial charge in [-0.1, -0.05) is 81.4 Å². The highest BCUT2D eigenvalue weighted by molar-refractivity contribution is 6.74. The largest absolute Gasteiger partial charge is 0.508 e. The van der Waals surface area contributed by atoms with Gasteiger partial charge in [0.25, 0.3) is 5.88 Å². The van der Waals surface area contributed by atoms with Gasteiger partial charge < -0.3 is 28.4 Å². The van der Waals surface area contributed by atoms with Gasteiger partial charge in [0.1, 0.15) is 36.1 Å². The molecule has 0 spiro atoms. The summed E-state index contributed by atoms with van der Waals surface area (Å²) in [7, 11) is 4.28. The Hall–Kier alpha value is -5.13. The predicted molar refractivity (Wildman–Crippen MR) is 219 cm³/mol. The van der Waals surface area contributed by atoms with Crippen LogP contribution in [-0.2, 0) is 30.6 Å². The second kappa shape index (κ2) is 15.2. The molecule has 0 aliphatic heterocycles. The molecule has 1 heterocycles. The first-order chi connectivity index (χ1) is 27.4. The van der Waals surface area contributed by atoms with Crippen LogP contribution in [0.5, 0.6) is 11.6 Å². The van der Waals surface area contributed by atoms with Crippen LogP contribution in [0.1, 0.15) is 82.0 Å². The molecule has 1 N–H and O–H groups in total. The molecule has 4 aromatic rings. The van der Waals surface area contributed by atoms with E-state index in [9.17, 15) is 5.11 Å². The lowest BCUT2D eigenvalue weighted by atomic mass is 9.58. The Morgan fingerprint density at radius 2 is 1.59 bits per heavy atom. The van der Waals surface area contributed by atoms with E-state index >= 15 is 14.0 Å². The first-order valence-electron chi connectivity index (χ1n) is 19.5. The monoisotopic (exact) mass is 806 g/mol. The van der Waals surface area contributed by atoms with Gasteiger partial charge in [0.15, 0.2) is 25.5 Å². The van der Waals surface area contributed by atoms with Gasteiger partial charge in [-0.2, -0.15) is 0 Å². The van der Waals surface area contributed by atoms with E-state index in [2.05, 4.69) is 10.0 Å². The molecular formula is C45H51FN4O7Si. The zero-order chi connectivity index (χ0) is 41.9. The molecule has 0 radical (unpaired) electrons. The number of aromatic nitrogens is 1. The highest BCUT2D eigenvalue weighted by Gasteiger charge is 2.67. The lowest BCUT2D eigenvalue weighted by Gasteiger charge is -2.55. The van der Waals surface area contributed by atoms with Crippen molar-refractivity contribution in [1.29, 1.82) is 0 Å². The first-order valence-corrected chi connectivity index (χ1v) is 22.5. The number of rotatable bonds is 11. The van der Waals surface area contributed by atoms with Crippen molar-refractivity contribution in [3.63, 3.8) is 0 Å². The number of hydrogen-bond donors (Lipinski definition) is 1. The number of aliphatic hydroxyl groups excluding tert-OH is 1. The van der Waals surface area contributed by atoms with E-state index < -0.39 is 60.0 Å². The van der Waals surface area contributed by atoms with Gasteiger partial charge in [0.05, 0.1) is 18.2 Å². The maximum Gasteiger partial charge on any atom is 0.265 e. The predicted octanol–water partition coefficient (Wildman–Crippen LogP) is 9.03. The molecule has 0 saturated carbocycles. The molecule has 304 valence electrons. The molecular weight excluding hydrogens is 756 g/mol. The van der Waals surface area contributed by atoms with Crippen LogP contribution < -0.4 is 9.47 Å². The zero-order valence-electron chi connectivity index (χ0n) is 34.6. The second-order valence-corrected chi connectivity index (χ2v) is 22.3. The number of fused-ring (bicyclic) bond motifs is 4. The Balaban J connectivity index is 1.46. The fourth-order valence-electron chi connectivity index (χ4n) is 8.53. The smallest absolute Gasteiger partial charge is 0.265 e. The Kier molecular flexibility index (Phi) is 10.8. The van der Waals surface area contributed by atoms with Crippen molar-refractivity contribution in [2.24, 2.45) is 11.8 Å². The van der Waals surface area contributed by atoms with Crippen LogP contribution in [0.3, 0.4) is 0 Å².